The summed E-state index contributed by atoms with van der Waals surface area (Å²) in [5, 5.41) is -1.62. The van der Waals surface area contributed by atoms with Crippen LogP contribution >= 0.6 is 11.6 Å². The number of alkyl halides is 5. The van der Waals surface area contributed by atoms with Gasteiger partial charge in [-0.2, -0.15) is 13.2 Å². The molecule has 0 aliphatic rings. The average Bonchev–Trinajstić information content (AvgIpc) is 2.14. The predicted molar refractivity (Wildman–Crippen MR) is 44.4 cm³/mol. The van der Waals surface area contributed by atoms with Crippen molar-refractivity contribution in [3.63, 3.8) is 0 Å². The van der Waals surface area contributed by atoms with Crippen LogP contribution in [0.4, 0.5) is 22.0 Å². The minimum atomic E-state index is -4.94. The lowest BCUT2D eigenvalue weighted by molar-refractivity contribution is -0.138. The molecule has 1 rings (SSSR count). The Kier molecular flexibility index (Phi) is 3.47. The number of rotatable bonds is 2. The molecule has 0 atom stereocenters. The molecule has 88 valence electrons. The fraction of sp³-hybridized carbons (Fsp3) is 0.250. The molecular formula is C8H3ClF5NO. The van der Waals surface area contributed by atoms with Crippen molar-refractivity contribution in [2.24, 2.45) is 0 Å². The smallest absolute Gasteiger partial charge is 0.276 e. The maximum atomic E-state index is 12.4. The second kappa shape index (κ2) is 4.32. The van der Waals surface area contributed by atoms with Crippen molar-refractivity contribution in [1.82, 2.24) is 4.98 Å². The summed E-state index contributed by atoms with van der Waals surface area (Å²) in [4.78, 5) is 13.7. The van der Waals surface area contributed by atoms with Gasteiger partial charge in [0.2, 0.25) is 0 Å². The number of carbonyl (C=O) groups excluding carboxylic acids is 1. The van der Waals surface area contributed by atoms with Crippen LogP contribution in [0, 0.1) is 0 Å². The first kappa shape index (κ1) is 12.8. The van der Waals surface area contributed by atoms with Crippen LogP contribution in [-0.2, 0) is 6.18 Å². The highest BCUT2D eigenvalue weighted by Gasteiger charge is 2.37. The van der Waals surface area contributed by atoms with Crippen LogP contribution in [0.1, 0.15) is 28.0 Å². The number of hydrogen-bond donors (Lipinski definition) is 0. The van der Waals surface area contributed by atoms with Crippen molar-refractivity contribution in [3.05, 3.63) is 29.1 Å². The average molecular weight is 260 g/mol. The summed E-state index contributed by atoms with van der Waals surface area (Å²) in [6.07, 6.45) is -7.69. The summed E-state index contributed by atoms with van der Waals surface area (Å²) in [5.41, 5.74) is -4.08. The molecule has 8 heteroatoms. The van der Waals surface area contributed by atoms with Crippen LogP contribution in [0.3, 0.4) is 0 Å². The number of aromatic nitrogens is 1. The van der Waals surface area contributed by atoms with Gasteiger partial charge in [-0.25, -0.2) is 8.78 Å². The first-order chi connectivity index (χ1) is 7.25. The lowest BCUT2D eigenvalue weighted by Gasteiger charge is -2.12. The summed E-state index contributed by atoms with van der Waals surface area (Å²) in [5.74, 6) is 0. The lowest BCUT2D eigenvalue weighted by Crippen LogP contribution is -2.14. The fourth-order valence-corrected chi connectivity index (χ4v) is 1.28. The van der Waals surface area contributed by atoms with Crippen LogP contribution < -0.4 is 0 Å². The van der Waals surface area contributed by atoms with Gasteiger partial charge < -0.3 is 0 Å². The third-order valence-corrected chi connectivity index (χ3v) is 1.88. The molecule has 0 saturated carbocycles. The molecule has 0 radical (unpaired) electrons. The van der Waals surface area contributed by atoms with Crippen LogP contribution in [0.5, 0.6) is 0 Å². The molecule has 0 N–H and O–H groups in total. The van der Waals surface area contributed by atoms with Gasteiger partial charge in [-0.3, -0.25) is 9.78 Å². The van der Waals surface area contributed by atoms with Crippen molar-refractivity contribution >= 4 is 16.8 Å². The largest absolute Gasteiger partial charge is 0.417 e. The SMILES string of the molecule is O=C(Cl)c1c(C(F)(F)F)ccnc1C(F)F. The molecule has 0 saturated heterocycles. The fourth-order valence-electron chi connectivity index (χ4n) is 1.09. The molecular weight excluding hydrogens is 257 g/mol. The summed E-state index contributed by atoms with van der Waals surface area (Å²) in [6.45, 7) is 0. The molecule has 1 aromatic heterocycles. The highest BCUT2D eigenvalue weighted by Crippen LogP contribution is 2.35. The number of nitrogens with zero attached hydrogens (tertiary/aromatic N) is 1. The van der Waals surface area contributed by atoms with E-state index in [1.54, 1.807) is 0 Å². The van der Waals surface area contributed by atoms with Gasteiger partial charge in [-0.15, -0.1) is 0 Å². The monoisotopic (exact) mass is 259 g/mol. The van der Waals surface area contributed by atoms with Crippen LogP contribution in [0.2, 0.25) is 0 Å². The zero-order valence-corrected chi connectivity index (χ0v) is 8.11. The van der Waals surface area contributed by atoms with Gasteiger partial charge in [-0.1, -0.05) is 0 Å². The minimum absolute atomic E-state index is 0.418. The minimum Gasteiger partial charge on any atom is -0.276 e. The molecule has 1 aromatic rings. The number of hydrogen-bond acceptors (Lipinski definition) is 2. The molecule has 1 heterocycles. The first-order valence-electron chi connectivity index (χ1n) is 3.79. The Labute approximate surface area is 91.0 Å². The van der Waals surface area contributed by atoms with Crippen molar-refractivity contribution in [3.8, 4) is 0 Å². The van der Waals surface area contributed by atoms with Gasteiger partial charge in [0, 0.05) is 6.20 Å². The van der Waals surface area contributed by atoms with E-state index in [2.05, 4.69) is 4.98 Å². The van der Waals surface area contributed by atoms with E-state index < -0.39 is 34.7 Å². The van der Waals surface area contributed by atoms with Gasteiger partial charge in [-0.05, 0) is 17.7 Å². The van der Waals surface area contributed by atoms with E-state index >= 15 is 0 Å². The topological polar surface area (TPSA) is 30.0 Å². The third-order valence-electron chi connectivity index (χ3n) is 1.69. The van der Waals surface area contributed by atoms with Crippen LogP contribution in [-0.4, -0.2) is 10.2 Å². The molecule has 0 fully saturated rings. The normalized spacial score (nSPS) is 11.9. The lowest BCUT2D eigenvalue weighted by atomic mass is 10.1. The molecule has 0 aliphatic heterocycles. The number of halogens is 6. The predicted octanol–water partition coefficient (Wildman–Crippen LogP) is 3.42. The van der Waals surface area contributed by atoms with Gasteiger partial charge in [0.15, 0.2) is 0 Å². The van der Waals surface area contributed by atoms with Gasteiger partial charge >= 0.3 is 6.18 Å². The Hall–Kier alpha value is -1.24. The maximum Gasteiger partial charge on any atom is 0.417 e. The van der Waals surface area contributed by atoms with E-state index in [-0.39, 0.29) is 0 Å². The van der Waals surface area contributed by atoms with Crippen molar-refractivity contribution in [1.29, 1.82) is 0 Å². The maximum absolute atomic E-state index is 12.4. The Morgan fingerprint density at radius 3 is 2.31 bits per heavy atom. The standard InChI is InChI=1S/C8H3ClF5NO/c9-6(16)4-3(8(12,13)14)1-2-15-5(4)7(10)11/h1-2,7H. The van der Waals surface area contributed by atoms with E-state index in [4.69, 9.17) is 11.6 Å². The first-order valence-corrected chi connectivity index (χ1v) is 4.17. The molecule has 0 aromatic carbocycles. The molecule has 0 aliphatic carbocycles. The Balaban J connectivity index is 3.52. The molecule has 0 bridgehead atoms. The van der Waals surface area contributed by atoms with Gasteiger partial charge in [0.25, 0.3) is 11.7 Å². The third kappa shape index (κ3) is 2.46. The summed E-state index contributed by atoms with van der Waals surface area (Å²) in [6, 6.07) is 0.418. The van der Waals surface area contributed by atoms with Crippen LogP contribution in [0.25, 0.3) is 0 Å². The Morgan fingerprint density at radius 1 is 1.38 bits per heavy atom. The second-order valence-electron chi connectivity index (χ2n) is 2.69. The highest BCUT2D eigenvalue weighted by atomic mass is 35.5. The zero-order valence-electron chi connectivity index (χ0n) is 7.36. The molecule has 2 nitrogen and oxygen atoms in total. The Bertz CT molecular complexity index is 417. The number of pyridine rings is 1. The van der Waals surface area contributed by atoms with E-state index in [0.717, 1.165) is 0 Å². The Morgan fingerprint density at radius 2 is 1.94 bits per heavy atom. The van der Waals surface area contributed by atoms with Crippen molar-refractivity contribution in [2.45, 2.75) is 12.6 Å². The highest BCUT2D eigenvalue weighted by molar-refractivity contribution is 6.68. The summed E-state index contributed by atoms with van der Waals surface area (Å²) < 4.78 is 61.7. The molecule has 0 spiro atoms. The van der Waals surface area contributed by atoms with E-state index in [9.17, 15) is 26.7 Å². The van der Waals surface area contributed by atoms with E-state index in [1.165, 1.54) is 0 Å². The van der Waals surface area contributed by atoms with Gasteiger partial charge in [0.05, 0.1) is 11.1 Å². The molecule has 0 unspecified atom stereocenters. The zero-order chi connectivity index (χ0) is 12.5. The van der Waals surface area contributed by atoms with Crippen LogP contribution in [0.15, 0.2) is 12.3 Å². The quantitative estimate of drug-likeness (QED) is 0.602. The van der Waals surface area contributed by atoms with Gasteiger partial charge in [0.1, 0.15) is 5.69 Å². The number of carbonyl (C=O) groups is 1. The summed E-state index contributed by atoms with van der Waals surface area (Å²) in [7, 11) is 0. The van der Waals surface area contributed by atoms with Crippen molar-refractivity contribution < 1.29 is 26.7 Å². The molecule has 16 heavy (non-hydrogen) atoms. The van der Waals surface area contributed by atoms with Crippen molar-refractivity contribution in [2.75, 3.05) is 0 Å². The molecule has 0 amide bonds. The summed E-state index contributed by atoms with van der Waals surface area (Å²) >= 11 is 4.85. The van der Waals surface area contributed by atoms with E-state index in [1.807, 2.05) is 0 Å². The second-order valence-corrected chi connectivity index (χ2v) is 3.03. The van der Waals surface area contributed by atoms with E-state index in [0.29, 0.717) is 12.3 Å².